The first kappa shape index (κ1) is 14.7. The third kappa shape index (κ3) is 3.24. The molecule has 0 bridgehead atoms. The average molecular weight is 343 g/mol. The van der Waals surface area contributed by atoms with Crippen molar-refractivity contribution in [1.29, 1.82) is 0 Å². The van der Waals surface area contributed by atoms with Gasteiger partial charge in [0, 0.05) is 29.9 Å². The molecule has 0 radical (unpaired) electrons. The average Bonchev–Trinajstić information content (AvgIpc) is 3.02. The summed E-state index contributed by atoms with van der Waals surface area (Å²) in [6.07, 6.45) is 2.22. The van der Waals surface area contributed by atoms with E-state index >= 15 is 0 Å². The smallest absolute Gasteiger partial charge is 0.123 e. The fourth-order valence-electron chi connectivity index (χ4n) is 2.37. The molecule has 0 aliphatic carbocycles. The summed E-state index contributed by atoms with van der Waals surface area (Å²) in [5.74, 6) is 0.919. The van der Waals surface area contributed by atoms with Gasteiger partial charge in [-0.15, -0.1) is 11.3 Å². The van der Waals surface area contributed by atoms with Gasteiger partial charge in [-0.25, -0.2) is 4.98 Å². The molecule has 4 rings (SSSR count). The lowest BCUT2D eigenvalue weighted by Crippen LogP contribution is -2.50. The zero-order valence-electron chi connectivity index (χ0n) is 12.3. The van der Waals surface area contributed by atoms with Crippen LogP contribution in [0.4, 0.5) is 0 Å². The number of benzene rings is 2. The molecule has 1 fully saturated rings. The van der Waals surface area contributed by atoms with Crippen molar-refractivity contribution < 1.29 is 4.74 Å². The van der Waals surface area contributed by atoms with Gasteiger partial charge in [-0.2, -0.15) is 0 Å². The molecule has 2 heterocycles. The molecular formula is C18H15ClN2OS. The van der Waals surface area contributed by atoms with E-state index in [0.717, 1.165) is 44.9 Å². The largest absolute Gasteiger partial charge is 0.488 e. The molecule has 2 aromatic carbocycles. The normalized spacial score (nSPS) is 14.5. The van der Waals surface area contributed by atoms with Crippen molar-refractivity contribution in [3.8, 4) is 26.8 Å². The predicted molar refractivity (Wildman–Crippen MR) is 95.3 cm³/mol. The highest BCUT2D eigenvalue weighted by Crippen LogP contribution is 2.33. The number of aromatic nitrogens is 1. The van der Waals surface area contributed by atoms with Crippen molar-refractivity contribution >= 4 is 22.9 Å². The van der Waals surface area contributed by atoms with E-state index in [4.69, 9.17) is 16.3 Å². The van der Waals surface area contributed by atoms with Crippen LogP contribution in [0.1, 0.15) is 0 Å². The highest BCUT2D eigenvalue weighted by Gasteiger charge is 2.18. The number of rotatable bonds is 4. The summed E-state index contributed by atoms with van der Waals surface area (Å²) >= 11 is 7.61. The Morgan fingerprint density at radius 2 is 1.70 bits per heavy atom. The van der Waals surface area contributed by atoms with Gasteiger partial charge < -0.3 is 10.1 Å². The van der Waals surface area contributed by atoms with Crippen molar-refractivity contribution in [1.82, 2.24) is 10.3 Å². The maximum Gasteiger partial charge on any atom is 0.123 e. The predicted octanol–water partition coefficient (Wildman–Crippen LogP) is 4.48. The molecule has 1 aliphatic rings. The standard InChI is InChI=1S/C18H15ClN2OS/c19-14-5-1-13(2-6-14)18-21-11-17(23-18)12-3-7-15(8-4-12)22-16-9-20-10-16/h1-8,11,16,20H,9-10H2. The summed E-state index contributed by atoms with van der Waals surface area (Å²) in [5.41, 5.74) is 2.24. The van der Waals surface area contributed by atoms with Crippen molar-refractivity contribution in [3.05, 3.63) is 59.8 Å². The lowest BCUT2D eigenvalue weighted by Gasteiger charge is -2.27. The number of nitrogens with zero attached hydrogens (tertiary/aromatic N) is 1. The number of nitrogens with one attached hydrogen (secondary N) is 1. The first-order valence-electron chi connectivity index (χ1n) is 7.47. The second-order valence-electron chi connectivity index (χ2n) is 5.46. The van der Waals surface area contributed by atoms with E-state index in [9.17, 15) is 0 Å². The van der Waals surface area contributed by atoms with Gasteiger partial charge in [0.2, 0.25) is 0 Å². The lowest BCUT2D eigenvalue weighted by atomic mass is 10.2. The Balaban J connectivity index is 1.52. The number of hydrogen-bond acceptors (Lipinski definition) is 4. The van der Waals surface area contributed by atoms with Crippen molar-refractivity contribution in [2.75, 3.05) is 13.1 Å². The minimum absolute atomic E-state index is 0.306. The molecule has 1 aliphatic heterocycles. The highest BCUT2D eigenvalue weighted by molar-refractivity contribution is 7.18. The van der Waals surface area contributed by atoms with Crippen LogP contribution in [0.5, 0.6) is 5.75 Å². The molecule has 5 heteroatoms. The molecule has 0 spiro atoms. The summed E-state index contributed by atoms with van der Waals surface area (Å²) in [4.78, 5) is 5.67. The van der Waals surface area contributed by atoms with Crippen molar-refractivity contribution in [2.45, 2.75) is 6.10 Å². The number of halogens is 1. The molecule has 0 unspecified atom stereocenters. The second-order valence-corrected chi connectivity index (χ2v) is 6.93. The van der Waals surface area contributed by atoms with Gasteiger partial charge in [0.15, 0.2) is 0 Å². The van der Waals surface area contributed by atoms with E-state index in [0.29, 0.717) is 6.10 Å². The van der Waals surface area contributed by atoms with Crippen molar-refractivity contribution in [3.63, 3.8) is 0 Å². The Labute approximate surface area is 143 Å². The van der Waals surface area contributed by atoms with Crippen LogP contribution >= 0.6 is 22.9 Å². The Hall–Kier alpha value is -1.88. The topological polar surface area (TPSA) is 34.1 Å². The van der Waals surface area contributed by atoms with Crippen LogP contribution in [-0.4, -0.2) is 24.2 Å². The van der Waals surface area contributed by atoms with E-state index in [2.05, 4.69) is 22.4 Å². The quantitative estimate of drug-likeness (QED) is 0.759. The second kappa shape index (κ2) is 6.32. The van der Waals surface area contributed by atoms with E-state index < -0.39 is 0 Å². The zero-order chi connectivity index (χ0) is 15.6. The molecule has 1 saturated heterocycles. The van der Waals surface area contributed by atoms with Gasteiger partial charge in [-0.1, -0.05) is 23.7 Å². The van der Waals surface area contributed by atoms with Crippen LogP contribution in [0, 0.1) is 0 Å². The summed E-state index contributed by atoms with van der Waals surface area (Å²) in [7, 11) is 0. The highest BCUT2D eigenvalue weighted by atomic mass is 35.5. The van der Waals surface area contributed by atoms with Gasteiger partial charge in [0.1, 0.15) is 16.9 Å². The summed E-state index contributed by atoms with van der Waals surface area (Å²) in [6, 6.07) is 16.0. The molecule has 1 aromatic heterocycles. The van der Waals surface area contributed by atoms with Crippen LogP contribution in [0.25, 0.3) is 21.0 Å². The van der Waals surface area contributed by atoms with E-state index in [1.807, 2.05) is 42.6 Å². The minimum Gasteiger partial charge on any atom is -0.488 e. The van der Waals surface area contributed by atoms with E-state index in [-0.39, 0.29) is 0 Å². The van der Waals surface area contributed by atoms with Gasteiger partial charge in [0.05, 0.1) is 4.88 Å². The Bertz CT molecular complexity index is 795. The molecule has 23 heavy (non-hydrogen) atoms. The first-order chi connectivity index (χ1) is 11.3. The molecule has 3 nitrogen and oxygen atoms in total. The zero-order valence-corrected chi connectivity index (χ0v) is 13.9. The van der Waals surface area contributed by atoms with Gasteiger partial charge in [-0.05, 0) is 42.0 Å². The molecule has 0 saturated carbocycles. The van der Waals surface area contributed by atoms with Crippen LogP contribution in [0.15, 0.2) is 54.7 Å². The van der Waals surface area contributed by atoms with E-state index in [1.54, 1.807) is 11.3 Å². The third-order valence-corrected chi connectivity index (χ3v) is 5.13. The van der Waals surface area contributed by atoms with Crippen LogP contribution in [0.3, 0.4) is 0 Å². The molecule has 3 aromatic rings. The van der Waals surface area contributed by atoms with E-state index in [1.165, 1.54) is 0 Å². The monoisotopic (exact) mass is 342 g/mol. The third-order valence-electron chi connectivity index (χ3n) is 3.78. The number of hydrogen-bond donors (Lipinski definition) is 1. The fourth-order valence-corrected chi connectivity index (χ4v) is 3.42. The first-order valence-corrected chi connectivity index (χ1v) is 8.67. The molecular weight excluding hydrogens is 328 g/mol. The SMILES string of the molecule is Clc1ccc(-c2ncc(-c3ccc(OC4CNC4)cc3)s2)cc1. The van der Waals surface area contributed by atoms with Crippen molar-refractivity contribution in [2.24, 2.45) is 0 Å². The minimum atomic E-state index is 0.306. The van der Waals surface area contributed by atoms with Crippen LogP contribution in [-0.2, 0) is 0 Å². The fraction of sp³-hybridized carbons (Fsp3) is 0.167. The Morgan fingerprint density at radius 1 is 1.00 bits per heavy atom. The summed E-state index contributed by atoms with van der Waals surface area (Å²) in [6.45, 7) is 1.86. The number of thiazole rings is 1. The maximum atomic E-state index is 5.93. The summed E-state index contributed by atoms with van der Waals surface area (Å²) in [5, 5.41) is 4.94. The summed E-state index contributed by atoms with van der Waals surface area (Å²) < 4.78 is 5.84. The van der Waals surface area contributed by atoms with Crippen LogP contribution in [0.2, 0.25) is 5.02 Å². The Morgan fingerprint density at radius 3 is 2.35 bits per heavy atom. The molecule has 116 valence electrons. The lowest BCUT2D eigenvalue weighted by molar-refractivity contribution is 0.142. The molecule has 1 N–H and O–H groups in total. The number of ether oxygens (including phenoxy) is 1. The molecule has 0 amide bonds. The van der Waals surface area contributed by atoms with Gasteiger partial charge in [0.25, 0.3) is 0 Å². The molecule has 0 atom stereocenters. The van der Waals surface area contributed by atoms with Gasteiger partial charge >= 0.3 is 0 Å². The maximum absolute atomic E-state index is 5.93. The van der Waals surface area contributed by atoms with Gasteiger partial charge in [-0.3, -0.25) is 0 Å². The Kier molecular flexibility index (Phi) is 4.04. The van der Waals surface area contributed by atoms with Crippen LogP contribution < -0.4 is 10.1 Å².